The van der Waals surface area contributed by atoms with Gasteiger partial charge in [-0.15, -0.1) is 0 Å². The number of carbonyl (C=O) groups is 2. The molecule has 0 saturated heterocycles. The molecule has 0 atom stereocenters. The minimum absolute atomic E-state index is 0.192. The Hall–Kier alpha value is -3.74. The highest BCUT2D eigenvalue weighted by Crippen LogP contribution is 2.27. The fourth-order valence-electron chi connectivity index (χ4n) is 3.08. The van der Waals surface area contributed by atoms with Crippen LogP contribution < -0.4 is 14.8 Å². The molecule has 2 aromatic carbocycles. The second kappa shape index (κ2) is 10.3. The summed E-state index contributed by atoms with van der Waals surface area (Å²) in [4.78, 5) is 24.1. The van der Waals surface area contributed by atoms with Crippen LogP contribution in [0.4, 0.5) is 5.69 Å². The van der Waals surface area contributed by atoms with E-state index >= 15 is 0 Å². The maximum absolute atomic E-state index is 12.5. The van der Waals surface area contributed by atoms with E-state index in [4.69, 9.17) is 18.6 Å². The average molecular weight is 423 g/mol. The minimum atomic E-state index is -0.359. The third-order valence-corrected chi connectivity index (χ3v) is 4.60. The summed E-state index contributed by atoms with van der Waals surface area (Å²) in [6, 6.07) is 15.9. The Bertz CT molecular complexity index is 1040. The van der Waals surface area contributed by atoms with Crippen LogP contribution in [0.25, 0.3) is 0 Å². The van der Waals surface area contributed by atoms with E-state index < -0.39 is 0 Å². The van der Waals surface area contributed by atoms with Crippen LogP contribution in [0, 0.1) is 0 Å². The largest absolute Gasteiger partial charge is 0.497 e. The summed E-state index contributed by atoms with van der Waals surface area (Å²) in [6.07, 6.45) is 0.646. The number of furan rings is 1. The average Bonchev–Trinajstić information content (AvgIpc) is 3.24. The molecule has 1 amide bonds. The highest BCUT2D eigenvalue weighted by molar-refractivity contribution is 6.02. The van der Waals surface area contributed by atoms with Crippen LogP contribution in [0.15, 0.2) is 59.0 Å². The summed E-state index contributed by atoms with van der Waals surface area (Å²) in [5.74, 6) is 1.61. The summed E-state index contributed by atoms with van der Waals surface area (Å²) >= 11 is 0. The summed E-state index contributed by atoms with van der Waals surface area (Å²) < 4.78 is 21.3. The van der Waals surface area contributed by atoms with Crippen LogP contribution in [0.3, 0.4) is 0 Å². The molecule has 1 aromatic heterocycles. The third-order valence-electron chi connectivity index (χ3n) is 4.60. The molecule has 1 N–H and O–H groups in total. The Morgan fingerprint density at radius 3 is 2.42 bits per heavy atom. The normalized spacial score (nSPS) is 10.4. The number of anilines is 1. The molecule has 7 nitrogen and oxygen atoms in total. The number of hydrogen-bond acceptors (Lipinski definition) is 6. The van der Waals surface area contributed by atoms with Gasteiger partial charge in [0.15, 0.2) is 5.76 Å². The van der Waals surface area contributed by atoms with Gasteiger partial charge in [0.1, 0.15) is 17.3 Å². The Labute approximate surface area is 180 Å². The van der Waals surface area contributed by atoms with Gasteiger partial charge in [-0.1, -0.05) is 12.1 Å². The number of amides is 1. The molecule has 1 heterocycles. The molecule has 0 aliphatic rings. The predicted molar refractivity (Wildman–Crippen MR) is 116 cm³/mol. The first kappa shape index (κ1) is 22.0. The molecule has 31 heavy (non-hydrogen) atoms. The molecule has 0 radical (unpaired) electrons. The van der Waals surface area contributed by atoms with E-state index in [9.17, 15) is 9.59 Å². The lowest BCUT2D eigenvalue weighted by Crippen LogP contribution is -2.11. The van der Waals surface area contributed by atoms with E-state index in [-0.39, 0.29) is 24.1 Å². The topological polar surface area (TPSA) is 87.0 Å². The summed E-state index contributed by atoms with van der Waals surface area (Å²) in [7, 11) is 3.20. The Kier molecular flexibility index (Phi) is 7.32. The van der Waals surface area contributed by atoms with Crippen molar-refractivity contribution in [1.29, 1.82) is 0 Å². The monoisotopic (exact) mass is 423 g/mol. The number of carbonyl (C=O) groups excluding carboxylic acids is 2. The quantitative estimate of drug-likeness (QED) is 0.518. The lowest BCUT2D eigenvalue weighted by molar-refractivity contribution is -0.142. The molecule has 0 aliphatic carbocycles. The number of esters is 1. The molecule has 3 aromatic rings. The van der Waals surface area contributed by atoms with Crippen molar-refractivity contribution in [1.82, 2.24) is 0 Å². The number of hydrogen-bond donors (Lipinski definition) is 1. The van der Waals surface area contributed by atoms with Crippen LogP contribution in [0.2, 0.25) is 0 Å². The van der Waals surface area contributed by atoms with Crippen molar-refractivity contribution in [3.05, 3.63) is 77.2 Å². The van der Waals surface area contributed by atoms with Crippen LogP contribution in [0.5, 0.6) is 11.5 Å². The van der Waals surface area contributed by atoms with Gasteiger partial charge in [0, 0.05) is 17.7 Å². The van der Waals surface area contributed by atoms with Crippen LogP contribution in [-0.4, -0.2) is 32.7 Å². The molecule has 162 valence electrons. The van der Waals surface area contributed by atoms with Crippen molar-refractivity contribution >= 4 is 17.6 Å². The van der Waals surface area contributed by atoms with Crippen molar-refractivity contribution in [3.63, 3.8) is 0 Å². The van der Waals surface area contributed by atoms with Crippen LogP contribution in [0.1, 0.15) is 34.4 Å². The lowest BCUT2D eigenvalue weighted by atomic mass is 10.1. The zero-order chi connectivity index (χ0) is 22.2. The van der Waals surface area contributed by atoms with Gasteiger partial charge in [0.25, 0.3) is 5.91 Å². The fraction of sp³-hybridized carbons (Fsp3) is 0.250. The van der Waals surface area contributed by atoms with Crippen molar-refractivity contribution in [2.24, 2.45) is 0 Å². The summed E-state index contributed by atoms with van der Waals surface area (Å²) in [6.45, 7) is 2.12. The predicted octanol–water partition coefficient (Wildman–Crippen LogP) is 4.25. The second-order valence-electron chi connectivity index (χ2n) is 6.75. The molecular formula is C24H25NO6. The molecule has 3 rings (SSSR count). The third kappa shape index (κ3) is 5.88. The Morgan fingerprint density at radius 1 is 0.968 bits per heavy atom. The zero-order valence-electron chi connectivity index (χ0n) is 17.8. The molecular weight excluding hydrogens is 398 g/mol. The first-order chi connectivity index (χ1) is 15.0. The highest BCUT2D eigenvalue weighted by atomic mass is 16.5. The molecule has 7 heteroatoms. The first-order valence-electron chi connectivity index (χ1n) is 9.88. The maximum atomic E-state index is 12.5. The van der Waals surface area contributed by atoms with Gasteiger partial charge < -0.3 is 23.9 Å². The summed E-state index contributed by atoms with van der Waals surface area (Å²) in [5, 5.41) is 2.79. The first-order valence-corrected chi connectivity index (χ1v) is 9.88. The van der Waals surface area contributed by atoms with Crippen molar-refractivity contribution in [2.75, 3.05) is 26.1 Å². The Morgan fingerprint density at radius 2 is 1.74 bits per heavy atom. The molecule has 0 aliphatic heterocycles. The fourth-order valence-corrected chi connectivity index (χ4v) is 3.08. The van der Waals surface area contributed by atoms with E-state index in [1.54, 1.807) is 57.5 Å². The van der Waals surface area contributed by atoms with Gasteiger partial charge in [-0.3, -0.25) is 9.59 Å². The van der Waals surface area contributed by atoms with Crippen LogP contribution in [-0.2, 0) is 22.4 Å². The summed E-state index contributed by atoms with van der Waals surface area (Å²) in [5.41, 5.74) is 2.30. The molecule has 0 spiro atoms. The molecule has 0 bridgehead atoms. The number of ether oxygens (including phenoxy) is 3. The second-order valence-corrected chi connectivity index (χ2v) is 6.75. The molecule has 0 fully saturated rings. The van der Waals surface area contributed by atoms with Gasteiger partial charge in [-0.2, -0.15) is 0 Å². The molecule has 0 saturated carbocycles. The minimum Gasteiger partial charge on any atom is -0.497 e. The number of benzene rings is 2. The van der Waals surface area contributed by atoms with Crippen molar-refractivity contribution in [2.45, 2.75) is 19.8 Å². The highest BCUT2D eigenvalue weighted by Gasteiger charge is 2.14. The van der Waals surface area contributed by atoms with Gasteiger partial charge in [-0.05, 0) is 55.0 Å². The van der Waals surface area contributed by atoms with Crippen molar-refractivity contribution < 1.29 is 28.2 Å². The van der Waals surface area contributed by atoms with Crippen LogP contribution >= 0.6 is 0 Å². The smallest absolute Gasteiger partial charge is 0.310 e. The molecule has 0 unspecified atom stereocenters. The van der Waals surface area contributed by atoms with Gasteiger partial charge in [0.05, 0.1) is 27.2 Å². The SMILES string of the molecule is CCOC(=O)Cc1ccc(NC(=O)c2ccc(Cc3cc(OC)ccc3OC)o2)cc1. The number of nitrogens with one attached hydrogen (secondary N) is 1. The Balaban J connectivity index is 1.63. The lowest BCUT2D eigenvalue weighted by Gasteiger charge is -2.09. The van der Waals surface area contributed by atoms with Gasteiger partial charge in [-0.25, -0.2) is 0 Å². The number of rotatable bonds is 9. The van der Waals surface area contributed by atoms with E-state index in [0.29, 0.717) is 36.0 Å². The van der Waals surface area contributed by atoms with Crippen molar-refractivity contribution in [3.8, 4) is 11.5 Å². The maximum Gasteiger partial charge on any atom is 0.310 e. The number of methoxy groups -OCH3 is 2. The van der Waals surface area contributed by atoms with E-state index in [0.717, 1.165) is 11.1 Å². The van der Waals surface area contributed by atoms with Gasteiger partial charge >= 0.3 is 5.97 Å². The van der Waals surface area contributed by atoms with E-state index in [1.165, 1.54) is 0 Å². The standard InChI is InChI=1S/C24H25NO6/c1-4-30-23(26)13-16-5-7-18(8-6-16)25-24(27)22-12-10-20(31-22)15-17-14-19(28-2)9-11-21(17)29-3/h5-12,14H,4,13,15H2,1-3H3,(H,25,27). The van der Waals surface area contributed by atoms with Gasteiger partial charge in [0.2, 0.25) is 0 Å². The zero-order valence-corrected chi connectivity index (χ0v) is 17.8. The van der Waals surface area contributed by atoms with E-state index in [1.807, 2.05) is 18.2 Å². The van der Waals surface area contributed by atoms with E-state index in [2.05, 4.69) is 5.32 Å².